The Morgan fingerprint density at radius 3 is 2.81 bits per heavy atom. The number of hydrogen-bond acceptors (Lipinski definition) is 4. The molecule has 1 saturated heterocycles. The number of ether oxygens (including phenoxy) is 1. The van der Waals surface area contributed by atoms with Crippen molar-refractivity contribution in [3.05, 3.63) is 36.0 Å². The molecule has 1 aromatic carbocycles. The van der Waals surface area contributed by atoms with Gasteiger partial charge in [-0.05, 0) is 38.1 Å². The largest absolute Gasteiger partial charge is 0.491 e. The summed E-state index contributed by atoms with van der Waals surface area (Å²) in [5.74, 6) is 0.757. The number of nitrogens with two attached hydrogens (primary N) is 1. The van der Waals surface area contributed by atoms with Crippen LogP contribution in [0.2, 0.25) is 0 Å². The summed E-state index contributed by atoms with van der Waals surface area (Å²) in [6, 6.07) is 7.89. The molecule has 2 heterocycles. The van der Waals surface area contributed by atoms with Gasteiger partial charge in [0.2, 0.25) is 0 Å². The van der Waals surface area contributed by atoms with Gasteiger partial charge in [-0.1, -0.05) is 24.4 Å². The predicted octanol–water partition coefficient (Wildman–Crippen LogP) is 2.34. The predicted molar refractivity (Wildman–Crippen MR) is 88.8 cm³/mol. The Kier molecular flexibility index (Phi) is 4.31. The first-order valence-electron chi connectivity index (χ1n) is 7.28. The molecule has 3 rings (SSSR count). The van der Waals surface area contributed by atoms with Crippen molar-refractivity contribution < 1.29 is 4.74 Å². The fourth-order valence-corrected chi connectivity index (χ4v) is 2.88. The van der Waals surface area contributed by atoms with Gasteiger partial charge in [0, 0.05) is 18.1 Å². The molecule has 0 atom stereocenters. The van der Waals surface area contributed by atoms with E-state index in [9.17, 15) is 0 Å². The van der Waals surface area contributed by atoms with Gasteiger partial charge < -0.3 is 10.5 Å². The summed E-state index contributed by atoms with van der Waals surface area (Å²) < 4.78 is 6.02. The SMILES string of the molecule is NC(=S)c1cnc2ccccc2c1OCCN1CCCC1. The summed E-state index contributed by atoms with van der Waals surface area (Å²) in [4.78, 5) is 7.13. The van der Waals surface area contributed by atoms with Gasteiger partial charge in [-0.15, -0.1) is 0 Å². The van der Waals surface area contributed by atoms with E-state index < -0.39 is 0 Å². The number of para-hydroxylation sites is 1. The van der Waals surface area contributed by atoms with Crippen LogP contribution >= 0.6 is 12.2 Å². The van der Waals surface area contributed by atoms with Crippen molar-refractivity contribution in [2.24, 2.45) is 5.73 Å². The van der Waals surface area contributed by atoms with Gasteiger partial charge in [0.1, 0.15) is 17.3 Å². The Morgan fingerprint density at radius 2 is 2.05 bits per heavy atom. The summed E-state index contributed by atoms with van der Waals surface area (Å²) in [7, 11) is 0. The lowest BCUT2D eigenvalue weighted by Crippen LogP contribution is -2.25. The molecule has 0 radical (unpaired) electrons. The molecular weight excluding hydrogens is 282 g/mol. The first kappa shape index (κ1) is 14.2. The maximum Gasteiger partial charge on any atom is 0.140 e. The molecule has 1 fully saturated rings. The zero-order valence-electron chi connectivity index (χ0n) is 11.9. The topological polar surface area (TPSA) is 51.4 Å². The second kappa shape index (κ2) is 6.37. The Balaban J connectivity index is 1.83. The lowest BCUT2D eigenvalue weighted by atomic mass is 10.1. The smallest absolute Gasteiger partial charge is 0.140 e. The summed E-state index contributed by atoms with van der Waals surface area (Å²) in [6.45, 7) is 3.92. The van der Waals surface area contributed by atoms with Crippen molar-refractivity contribution in [3.63, 3.8) is 0 Å². The third-order valence-corrected chi connectivity index (χ3v) is 4.06. The monoisotopic (exact) mass is 301 g/mol. The first-order valence-corrected chi connectivity index (χ1v) is 7.69. The molecule has 21 heavy (non-hydrogen) atoms. The second-order valence-electron chi connectivity index (χ2n) is 5.28. The summed E-state index contributed by atoms with van der Waals surface area (Å²) in [5.41, 5.74) is 7.41. The molecule has 2 N–H and O–H groups in total. The molecule has 4 nitrogen and oxygen atoms in total. The van der Waals surface area contributed by atoms with Crippen LogP contribution in [-0.4, -0.2) is 41.1 Å². The van der Waals surface area contributed by atoms with E-state index in [0.717, 1.165) is 23.2 Å². The molecule has 0 aliphatic carbocycles. The van der Waals surface area contributed by atoms with Crippen LogP contribution in [0.1, 0.15) is 18.4 Å². The second-order valence-corrected chi connectivity index (χ2v) is 5.72. The molecule has 0 amide bonds. The van der Waals surface area contributed by atoms with Gasteiger partial charge in [-0.3, -0.25) is 9.88 Å². The van der Waals surface area contributed by atoms with Crippen LogP contribution in [0.3, 0.4) is 0 Å². The molecule has 5 heteroatoms. The Morgan fingerprint density at radius 1 is 1.29 bits per heavy atom. The zero-order valence-corrected chi connectivity index (χ0v) is 12.7. The Labute approximate surface area is 129 Å². The number of pyridine rings is 1. The van der Waals surface area contributed by atoms with E-state index >= 15 is 0 Å². The maximum absolute atomic E-state index is 6.02. The van der Waals surface area contributed by atoms with E-state index in [2.05, 4.69) is 9.88 Å². The van der Waals surface area contributed by atoms with Crippen molar-refractivity contribution in [1.82, 2.24) is 9.88 Å². The van der Waals surface area contributed by atoms with Gasteiger partial charge in [0.15, 0.2) is 0 Å². The van der Waals surface area contributed by atoms with Crippen LogP contribution in [-0.2, 0) is 0 Å². The third kappa shape index (κ3) is 3.14. The number of hydrogen-bond donors (Lipinski definition) is 1. The number of rotatable bonds is 5. The van der Waals surface area contributed by atoms with Crippen LogP contribution in [0.15, 0.2) is 30.5 Å². The van der Waals surface area contributed by atoms with E-state index in [1.54, 1.807) is 6.20 Å². The van der Waals surface area contributed by atoms with Crippen molar-refractivity contribution in [1.29, 1.82) is 0 Å². The Hall–Kier alpha value is -1.72. The molecule has 1 aliphatic rings. The van der Waals surface area contributed by atoms with Crippen molar-refractivity contribution in [3.8, 4) is 5.75 Å². The lowest BCUT2D eigenvalue weighted by Gasteiger charge is -2.17. The number of benzene rings is 1. The molecule has 0 bridgehead atoms. The minimum Gasteiger partial charge on any atom is -0.491 e. The van der Waals surface area contributed by atoms with Crippen LogP contribution in [0.4, 0.5) is 0 Å². The van der Waals surface area contributed by atoms with Gasteiger partial charge >= 0.3 is 0 Å². The molecule has 110 valence electrons. The Bertz CT molecular complexity index is 653. The molecule has 1 aliphatic heterocycles. The van der Waals surface area contributed by atoms with Gasteiger partial charge in [-0.2, -0.15) is 0 Å². The highest BCUT2D eigenvalue weighted by atomic mass is 32.1. The summed E-state index contributed by atoms with van der Waals surface area (Å²) in [6.07, 6.45) is 4.28. The molecular formula is C16H19N3OS. The standard InChI is InChI=1S/C16H19N3OS/c17-16(21)13-11-18-14-6-2-1-5-12(14)15(13)20-10-9-19-7-3-4-8-19/h1-2,5-6,11H,3-4,7-10H2,(H2,17,21). The highest BCUT2D eigenvalue weighted by Crippen LogP contribution is 2.28. The molecule has 0 unspecified atom stereocenters. The van der Waals surface area contributed by atoms with Crippen LogP contribution in [0, 0.1) is 0 Å². The minimum atomic E-state index is 0.324. The number of aromatic nitrogens is 1. The average molecular weight is 301 g/mol. The number of likely N-dealkylation sites (tertiary alicyclic amines) is 1. The zero-order chi connectivity index (χ0) is 14.7. The average Bonchev–Trinajstić information content (AvgIpc) is 3.00. The van der Waals surface area contributed by atoms with Crippen molar-refractivity contribution in [2.75, 3.05) is 26.2 Å². The number of nitrogens with zero attached hydrogens (tertiary/aromatic N) is 2. The maximum atomic E-state index is 6.02. The van der Waals surface area contributed by atoms with E-state index in [1.807, 2.05) is 24.3 Å². The summed E-state index contributed by atoms with van der Waals surface area (Å²) >= 11 is 5.12. The molecule has 0 spiro atoms. The highest BCUT2D eigenvalue weighted by Gasteiger charge is 2.14. The quantitative estimate of drug-likeness (QED) is 0.859. The van der Waals surface area contributed by atoms with Gasteiger partial charge in [-0.25, -0.2) is 0 Å². The van der Waals surface area contributed by atoms with E-state index in [0.29, 0.717) is 17.2 Å². The molecule has 2 aromatic rings. The van der Waals surface area contributed by atoms with E-state index in [4.69, 9.17) is 22.7 Å². The highest BCUT2D eigenvalue weighted by molar-refractivity contribution is 7.80. The fraction of sp³-hybridized carbons (Fsp3) is 0.375. The number of fused-ring (bicyclic) bond motifs is 1. The van der Waals surface area contributed by atoms with Gasteiger partial charge in [0.25, 0.3) is 0 Å². The minimum absolute atomic E-state index is 0.324. The normalized spacial score (nSPS) is 15.4. The first-order chi connectivity index (χ1) is 10.3. The van der Waals surface area contributed by atoms with E-state index in [-0.39, 0.29) is 0 Å². The fourth-order valence-electron chi connectivity index (χ4n) is 2.73. The molecule has 0 saturated carbocycles. The van der Waals surface area contributed by atoms with Gasteiger partial charge in [0.05, 0.1) is 11.1 Å². The van der Waals surface area contributed by atoms with Crippen LogP contribution in [0.5, 0.6) is 5.75 Å². The third-order valence-electron chi connectivity index (χ3n) is 3.84. The van der Waals surface area contributed by atoms with Crippen molar-refractivity contribution in [2.45, 2.75) is 12.8 Å². The van der Waals surface area contributed by atoms with Crippen molar-refractivity contribution >= 4 is 28.1 Å². The van der Waals surface area contributed by atoms with Crippen LogP contribution < -0.4 is 10.5 Å². The van der Waals surface area contributed by atoms with Crippen LogP contribution in [0.25, 0.3) is 10.9 Å². The molecule has 1 aromatic heterocycles. The van der Waals surface area contributed by atoms with E-state index in [1.165, 1.54) is 25.9 Å². The summed E-state index contributed by atoms with van der Waals surface area (Å²) in [5, 5.41) is 0.962. The lowest BCUT2D eigenvalue weighted by molar-refractivity contribution is 0.239. The number of thiocarbonyl (C=S) groups is 1.